The van der Waals surface area contributed by atoms with Crippen molar-refractivity contribution in [1.82, 2.24) is 9.38 Å². The number of nitrogens with two attached hydrogens (primary N) is 1. The first kappa shape index (κ1) is 13.3. The first-order valence-corrected chi connectivity index (χ1v) is 6.60. The van der Waals surface area contributed by atoms with E-state index in [9.17, 15) is 0 Å². The second-order valence-electron chi connectivity index (χ2n) is 4.88. The fourth-order valence-electron chi connectivity index (χ4n) is 2.32. The van der Waals surface area contributed by atoms with Crippen LogP contribution >= 0.6 is 0 Å². The van der Waals surface area contributed by atoms with Crippen molar-refractivity contribution in [3.63, 3.8) is 0 Å². The highest BCUT2D eigenvalue weighted by Gasteiger charge is 2.13. The van der Waals surface area contributed by atoms with Crippen molar-refractivity contribution in [1.29, 1.82) is 0 Å². The lowest BCUT2D eigenvalue weighted by Crippen LogP contribution is -1.95. The number of methoxy groups -OCH3 is 2. The average Bonchev–Trinajstić information content (AvgIpc) is 2.83. The third-order valence-corrected chi connectivity index (χ3v) is 3.44. The van der Waals surface area contributed by atoms with Crippen LogP contribution in [0.1, 0.15) is 5.56 Å². The Hall–Kier alpha value is -2.69. The quantitative estimate of drug-likeness (QED) is 0.803. The van der Waals surface area contributed by atoms with Crippen molar-refractivity contribution in [2.24, 2.45) is 0 Å². The van der Waals surface area contributed by atoms with Gasteiger partial charge in [-0.3, -0.25) is 4.40 Å². The van der Waals surface area contributed by atoms with E-state index in [0.29, 0.717) is 17.3 Å². The Bertz CT molecular complexity index is 786. The molecule has 0 amide bonds. The van der Waals surface area contributed by atoms with Gasteiger partial charge < -0.3 is 15.2 Å². The number of imidazole rings is 1. The lowest BCUT2D eigenvalue weighted by molar-refractivity contribution is 0.394. The summed E-state index contributed by atoms with van der Waals surface area (Å²) in [7, 11) is 3.24. The molecule has 0 unspecified atom stereocenters. The second kappa shape index (κ2) is 5.01. The molecular weight excluding hydrogens is 266 g/mol. The summed E-state index contributed by atoms with van der Waals surface area (Å²) in [5.74, 6) is 2.01. The van der Waals surface area contributed by atoms with Crippen molar-refractivity contribution >= 4 is 11.5 Å². The number of aromatic nitrogens is 2. The van der Waals surface area contributed by atoms with Gasteiger partial charge in [-0.2, -0.15) is 0 Å². The highest BCUT2D eigenvalue weighted by Crippen LogP contribution is 2.32. The first-order valence-electron chi connectivity index (χ1n) is 6.60. The zero-order chi connectivity index (χ0) is 15.0. The molecule has 0 saturated carbocycles. The van der Waals surface area contributed by atoms with Crippen LogP contribution in [-0.4, -0.2) is 23.6 Å². The van der Waals surface area contributed by atoms with Crippen LogP contribution < -0.4 is 15.2 Å². The summed E-state index contributed by atoms with van der Waals surface area (Å²) < 4.78 is 12.5. The molecule has 5 nitrogen and oxygen atoms in total. The summed E-state index contributed by atoms with van der Waals surface area (Å²) in [4.78, 5) is 4.62. The van der Waals surface area contributed by atoms with Gasteiger partial charge in [0.15, 0.2) is 0 Å². The Kier molecular flexibility index (Phi) is 3.17. The molecule has 21 heavy (non-hydrogen) atoms. The van der Waals surface area contributed by atoms with E-state index in [4.69, 9.17) is 15.2 Å². The maximum atomic E-state index is 6.22. The lowest BCUT2D eigenvalue weighted by atomic mass is 10.1. The highest BCUT2D eigenvalue weighted by molar-refractivity contribution is 5.76. The van der Waals surface area contributed by atoms with Gasteiger partial charge in [0.1, 0.15) is 28.7 Å². The number of ether oxygens (including phenoxy) is 2. The van der Waals surface area contributed by atoms with Crippen LogP contribution in [0.5, 0.6) is 11.5 Å². The number of hydrogen-bond donors (Lipinski definition) is 1. The monoisotopic (exact) mass is 283 g/mol. The fraction of sp³-hybridized carbons (Fsp3) is 0.188. The Morgan fingerprint density at radius 1 is 1.05 bits per heavy atom. The number of aryl methyl sites for hydroxylation is 1. The largest absolute Gasteiger partial charge is 0.497 e. The first-order chi connectivity index (χ1) is 10.1. The molecule has 108 valence electrons. The van der Waals surface area contributed by atoms with E-state index in [1.165, 1.54) is 0 Å². The third kappa shape index (κ3) is 2.27. The standard InChI is InChI=1S/C16H17N3O2/c1-10-4-5-19-14(6-10)18-15(16(19)17)11-7-12(20-2)9-13(8-11)21-3/h4-9H,17H2,1-3H3. The fourth-order valence-corrected chi connectivity index (χ4v) is 2.32. The maximum absolute atomic E-state index is 6.22. The molecular formula is C16H17N3O2. The number of rotatable bonds is 3. The third-order valence-electron chi connectivity index (χ3n) is 3.44. The van der Waals surface area contributed by atoms with Crippen LogP contribution in [0.4, 0.5) is 5.82 Å². The number of nitrogen functional groups attached to an aromatic ring is 1. The molecule has 0 aliphatic heterocycles. The predicted octanol–water partition coefficient (Wildman–Crippen LogP) is 2.91. The number of hydrogen-bond acceptors (Lipinski definition) is 4. The number of pyridine rings is 1. The van der Waals surface area contributed by atoms with Crippen LogP contribution in [0.2, 0.25) is 0 Å². The number of anilines is 1. The number of fused-ring (bicyclic) bond motifs is 1. The molecule has 0 radical (unpaired) electrons. The van der Waals surface area contributed by atoms with Crippen LogP contribution in [-0.2, 0) is 0 Å². The smallest absolute Gasteiger partial charge is 0.139 e. The van der Waals surface area contributed by atoms with Crippen LogP contribution in [0.3, 0.4) is 0 Å². The molecule has 3 aromatic rings. The SMILES string of the molecule is COc1cc(OC)cc(-c2nc3cc(C)ccn3c2N)c1. The van der Waals surface area contributed by atoms with Crippen LogP contribution in [0.15, 0.2) is 36.5 Å². The zero-order valence-electron chi connectivity index (χ0n) is 12.3. The molecule has 2 N–H and O–H groups in total. The van der Waals surface area contributed by atoms with Gasteiger partial charge in [0, 0.05) is 17.8 Å². The minimum absolute atomic E-state index is 0.598. The van der Waals surface area contributed by atoms with E-state index < -0.39 is 0 Å². The van der Waals surface area contributed by atoms with Crippen molar-refractivity contribution in [3.8, 4) is 22.8 Å². The molecule has 0 atom stereocenters. The van der Waals surface area contributed by atoms with Gasteiger partial charge in [-0.25, -0.2) is 4.98 Å². The predicted molar refractivity (Wildman–Crippen MR) is 82.9 cm³/mol. The van der Waals surface area contributed by atoms with Crippen molar-refractivity contribution < 1.29 is 9.47 Å². The lowest BCUT2D eigenvalue weighted by Gasteiger charge is -2.07. The molecule has 0 aliphatic carbocycles. The van der Waals surface area contributed by atoms with Crippen molar-refractivity contribution in [2.45, 2.75) is 6.92 Å². The Balaban J connectivity index is 2.22. The summed E-state index contributed by atoms with van der Waals surface area (Å²) in [6, 6.07) is 9.61. The summed E-state index contributed by atoms with van der Waals surface area (Å²) in [5, 5.41) is 0. The molecule has 1 aromatic carbocycles. The van der Waals surface area contributed by atoms with Gasteiger partial charge >= 0.3 is 0 Å². The topological polar surface area (TPSA) is 61.8 Å². The Morgan fingerprint density at radius 2 is 1.71 bits per heavy atom. The summed E-state index contributed by atoms with van der Waals surface area (Å²) in [5.41, 5.74) is 9.77. The van der Waals surface area contributed by atoms with E-state index in [2.05, 4.69) is 4.98 Å². The molecule has 0 saturated heterocycles. The van der Waals surface area contributed by atoms with Crippen molar-refractivity contribution in [3.05, 3.63) is 42.1 Å². The number of nitrogens with zero attached hydrogens (tertiary/aromatic N) is 2. The molecule has 0 bridgehead atoms. The van der Waals surface area contributed by atoms with Gasteiger partial charge in [-0.15, -0.1) is 0 Å². The van der Waals surface area contributed by atoms with E-state index in [-0.39, 0.29) is 0 Å². The molecule has 0 aliphatic rings. The van der Waals surface area contributed by atoms with E-state index >= 15 is 0 Å². The van der Waals surface area contributed by atoms with Gasteiger partial charge in [0.05, 0.1) is 14.2 Å². The minimum Gasteiger partial charge on any atom is -0.497 e. The van der Waals surface area contributed by atoms with Gasteiger partial charge in [0.25, 0.3) is 0 Å². The molecule has 5 heteroatoms. The van der Waals surface area contributed by atoms with Gasteiger partial charge in [-0.1, -0.05) is 0 Å². The molecule has 3 rings (SSSR count). The molecule has 0 fully saturated rings. The van der Waals surface area contributed by atoms with E-state index in [1.807, 2.05) is 47.9 Å². The molecule has 2 heterocycles. The van der Waals surface area contributed by atoms with Crippen molar-refractivity contribution in [2.75, 3.05) is 20.0 Å². The van der Waals surface area contributed by atoms with Crippen LogP contribution in [0.25, 0.3) is 16.9 Å². The Labute approximate surface area is 122 Å². The summed E-state index contributed by atoms with van der Waals surface area (Å²) >= 11 is 0. The number of benzene rings is 1. The maximum Gasteiger partial charge on any atom is 0.139 e. The molecule has 0 spiro atoms. The van der Waals surface area contributed by atoms with Crippen LogP contribution in [0, 0.1) is 6.92 Å². The summed E-state index contributed by atoms with van der Waals surface area (Å²) in [6.07, 6.45) is 1.92. The Morgan fingerprint density at radius 3 is 2.33 bits per heavy atom. The summed E-state index contributed by atoms with van der Waals surface area (Å²) in [6.45, 7) is 2.03. The second-order valence-corrected chi connectivity index (χ2v) is 4.88. The zero-order valence-corrected chi connectivity index (χ0v) is 12.3. The highest BCUT2D eigenvalue weighted by atomic mass is 16.5. The van der Waals surface area contributed by atoms with E-state index in [1.54, 1.807) is 14.2 Å². The van der Waals surface area contributed by atoms with Gasteiger partial charge in [0.2, 0.25) is 0 Å². The van der Waals surface area contributed by atoms with E-state index in [0.717, 1.165) is 22.5 Å². The average molecular weight is 283 g/mol. The molecule has 2 aromatic heterocycles. The normalized spacial score (nSPS) is 10.8. The minimum atomic E-state index is 0.598. The van der Waals surface area contributed by atoms with Gasteiger partial charge in [-0.05, 0) is 36.8 Å².